The molecule has 5 heteroatoms. The van der Waals surface area contributed by atoms with Crippen molar-refractivity contribution in [1.29, 1.82) is 0 Å². The Balaban J connectivity index is 1.91. The number of ketones is 1. The summed E-state index contributed by atoms with van der Waals surface area (Å²) in [5.74, 6) is 0.330. The van der Waals surface area contributed by atoms with Crippen LogP contribution in [0.2, 0.25) is 0 Å². The zero-order valence-corrected chi connectivity index (χ0v) is 15.6. The van der Waals surface area contributed by atoms with E-state index in [1.54, 1.807) is 38.0 Å². The second kappa shape index (κ2) is 6.83. The Morgan fingerprint density at radius 1 is 1.15 bits per heavy atom. The standard InChI is InChI=1S/C21H24N2O3/c1-5-18(24)21(3)19(26-17-9-7-6-8-10-17)20(25)23(21)22(4)16-13-11-15(2)12-14-16/h6-14,19H,5H2,1-4H3/t19-,21-/m0/s1. The van der Waals surface area contributed by atoms with E-state index in [-0.39, 0.29) is 11.7 Å². The van der Waals surface area contributed by atoms with E-state index in [1.807, 2.05) is 49.4 Å². The first-order valence-corrected chi connectivity index (χ1v) is 8.79. The van der Waals surface area contributed by atoms with Crippen molar-refractivity contribution in [2.45, 2.75) is 38.8 Å². The van der Waals surface area contributed by atoms with Gasteiger partial charge in [0.1, 0.15) is 5.75 Å². The van der Waals surface area contributed by atoms with Gasteiger partial charge in [-0.25, -0.2) is 5.01 Å². The quantitative estimate of drug-likeness (QED) is 0.748. The zero-order chi connectivity index (χ0) is 18.9. The highest BCUT2D eigenvalue weighted by atomic mass is 16.5. The summed E-state index contributed by atoms with van der Waals surface area (Å²) >= 11 is 0. The highest BCUT2D eigenvalue weighted by Crippen LogP contribution is 2.39. The first-order valence-electron chi connectivity index (χ1n) is 8.79. The molecule has 0 bridgehead atoms. The molecule has 1 aliphatic rings. The van der Waals surface area contributed by atoms with Crippen LogP contribution in [-0.4, -0.2) is 35.4 Å². The third-order valence-corrected chi connectivity index (χ3v) is 4.97. The summed E-state index contributed by atoms with van der Waals surface area (Å²) in [6.45, 7) is 5.59. The number of para-hydroxylation sites is 1. The molecule has 0 unspecified atom stereocenters. The van der Waals surface area contributed by atoms with E-state index in [4.69, 9.17) is 4.74 Å². The molecular formula is C21H24N2O3. The number of carbonyl (C=O) groups excluding carboxylic acids is 2. The summed E-state index contributed by atoms with van der Waals surface area (Å²) in [6, 6.07) is 17.0. The third kappa shape index (κ3) is 2.83. The summed E-state index contributed by atoms with van der Waals surface area (Å²) in [4.78, 5) is 25.7. The number of Topliss-reactive ketones (excluding diaryl/α,β-unsaturated/α-hetero) is 1. The minimum atomic E-state index is -1.04. The fourth-order valence-electron chi connectivity index (χ4n) is 3.38. The number of aryl methyl sites for hydroxylation is 1. The van der Waals surface area contributed by atoms with Gasteiger partial charge in [-0.05, 0) is 38.1 Å². The molecule has 2 aromatic rings. The largest absolute Gasteiger partial charge is 0.477 e. The smallest absolute Gasteiger partial charge is 0.286 e. The van der Waals surface area contributed by atoms with Crippen LogP contribution in [0.15, 0.2) is 54.6 Å². The number of ether oxygens (including phenoxy) is 1. The second-order valence-electron chi connectivity index (χ2n) is 6.74. The van der Waals surface area contributed by atoms with Crippen LogP contribution < -0.4 is 9.75 Å². The fourth-order valence-corrected chi connectivity index (χ4v) is 3.38. The van der Waals surface area contributed by atoms with Gasteiger partial charge in [-0.15, -0.1) is 0 Å². The van der Waals surface area contributed by atoms with Gasteiger partial charge in [-0.2, -0.15) is 0 Å². The van der Waals surface area contributed by atoms with Crippen LogP contribution in [0.1, 0.15) is 25.8 Å². The van der Waals surface area contributed by atoms with Gasteiger partial charge in [-0.1, -0.05) is 42.8 Å². The molecule has 1 heterocycles. The fraction of sp³-hybridized carbons (Fsp3) is 0.333. The average molecular weight is 352 g/mol. The number of hydrogen-bond acceptors (Lipinski definition) is 4. The number of benzene rings is 2. The predicted octanol–water partition coefficient (Wildman–Crippen LogP) is 3.37. The summed E-state index contributed by atoms with van der Waals surface area (Å²) < 4.78 is 5.90. The molecule has 1 amide bonds. The lowest BCUT2D eigenvalue weighted by atomic mass is 9.79. The van der Waals surface area contributed by atoms with Gasteiger partial charge in [-0.3, -0.25) is 14.6 Å². The van der Waals surface area contributed by atoms with Gasteiger partial charge in [0.25, 0.3) is 5.91 Å². The maximum absolute atomic E-state index is 12.9. The molecule has 0 spiro atoms. The molecule has 2 atom stereocenters. The summed E-state index contributed by atoms with van der Waals surface area (Å²) in [6.07, 6.45) is -0.498. The molecule has 1 fully saturated rings. The first kappa shape index (κ1) is 18.0. The average Bonchev–Trinajstić information content (AvgIpc) is 2.66. The highest BCUT2D eigenvalue weighted by Gasteiger charge is 2.65. The van der Waals surface area contributed by atoms with Crippen molar-refractivity contribution in [3.63, 3.8) is 0 Å². The first-order chi connectivity index (χ1) is 12.4. The normalized spacial score (nSPS) is 21.9. The van der Waals surface area contributed by atoms with Crippen LogP contribution in [0.5, 0.6) is 5.75 Å². The molecule has 2 aromatic carbocycles. The van der Waals surface area contributed by atoms with Gasteiger partial charge < -0.3 is 4.74 Å². The van der Waals surface area contributed by atoms with E-state index in [0.29, 0.717) is 12.2 Å². The van der Waals surface area contributed by atoms with Crippen molar-refractivity contribution >= 4 is 17.4 Å². The number of rotatable bonds is 6. The molecule has 136 valence electrons. The molecule has 0 N–H and O–H groups in total. The van der Waals surface area contributed by atoms with Crippen molar-refractivity contribution in [3.05, 3.63) is 60.2 Å². The molecule has 1 saturated heterocycles. The molecule has 5 nitrogen and oxygen atoms in total. The van der Waals surface area contributed by atoms with Crippen LogP contribution in [0, 0.1) is 6.92 Å². The van der Waals surface area contributed by atoms with E-state index >= 15 is 0 Å². The number of anilines is 1. The zero-order valence-electron chi connectivity index (χ0n) is 15.6. The van der Waals surface area contributed by atoms with Crippen LogP contribution in [0.3, 0.4) is 0 Å². The number of nitrogens with zero attached hydrogens (tertiary/aromatic N) is 2. The highest BCUT2D eigenvalue weighted by molar-refractivity contribution is 6.06. The van der Waals surface area contributed by atoms with Crippen molar-refractivity contribution in [3.8, 4) is 5.75 Å². The molecule has 26 heavy (non-hydrogen) atoms. The lowest BCUT2D eigenvalue weighted by molar-refractivity contribution is -0.184. The molecule has 1 aliphatic heterocycles. The predicted molar refractivity (Wildman–Crippen MR) is 101 cm³/mol. The van der Waals surface area contributed by atoms with Gasteiger partial charge in [0.15, 0.2) is 11.3 Å². The van der Waals surface area contributed by atoms with Gasteiger partial charge in [0.2, 0.25) is 6.10 Å². The molecule has 0 aliphatic carbocycles. The maximum Gasteiger partial charge on any atom is 0.286 e. The Morgan fingerprint density at radius 2 is 1.77 bits per heavy atom. The van der Waals surface area contributed by atoms with E-state index in [0.717, 1.165) is 11.3 Å². The minimum Gasteiger partial charge on any atom is -0.477 e. The molecular weight excluding hydrogens is 328 g/mol. The van der Waals surface area contributed by atoms with E-state index < -0.39 is 11.6 Å². The van der Waals surface area contributed by atoms with E-state index in [9.17, 15) is 9.59 Å². The third-order valence-electron chi connectivity index (χ3n) is 4.97. The topological polar surface area (TPSA) is 49.9 Å². The molecule has 0 saturated carbocycles. The lowest BCUT2D eigenvalue weighted by Gasteiger charge is -2.56. The number of amides is 1. The monoisotopic (exact) mass is 352 g/mol. The number of hydrazine groups is 1. The van der Waals surface area contributed by atoms with Gasteiger partial charge >= 0.3 is 0 Å². The Bertz CT molecular complexity index is 804. The molecule has 0 radical (unpaired) electrons. The summed E-state index contributed by atoms with van der Waals surface area (Å²) in [5.41, 5.74) is 0.938. The lowest BCUT2D eigenvalue weighted by Crippen LogP contribution is -2.81. The van der Waals surface area contributed by atoms with Crippen molar-refractivity contribution in [2.75, 3.05) is 12.1 Å². The SMILES string of the molecule is CCC(=O)[C@@]1(C)[C@@H](Oc2ccccc2)C(=O)N1N(C)c1ccc(C)cc1. The molecule has 0 aromatic heterocycles. The Hall–Kier alpha value is -2.82. The van der Waals surface area contributed by atoms with E-state index in [2.05, 4.69) is 0 Å². The van der Waals surface area contributed by atoms with Crippen LogP contribution in [0.4, 0.5) is 5.69 Å². The molecule has 3 rings (SSSR count). The Kier molecular flexibility index (Phi) is 4.72. The number of hydrogen-bond donors (Lipinski definition) is 0. The summed E-state index contributed by atoms with van der Waals surface area (Å²) in [7, 11) is 1.79. The van der Waals surface area contributed by atoms with Crippen LogP contribution in [0.25, 0.3) is 0 Å². The van der Waals surface area contributed by atoms with Crippen LogP contribution >= 0.6 is 0 Å². The Labute approximate surface area is 154 Å². The maximum atomic E-state index is 12.9. The minimum absolute atomic E-state index is 0.0306. The van der Waals surface area contributed by atoms with Gasteiger partial charge in [0, 0.05) is 13.5 Å². The van der Waals surface area contributed by atoms with Crippen LogP contribution in [-0.2, 0) is 9.59 Å². The Morgan fingerprint density at radius 3 is 2.35 bits per heavy atom. The van der Waals surface area contributed by atoms with Gasteiger partial charge in [0.05, 0.1) is 5.69 Å². The van der Waals surface area contributed by atoms with E-state index in [1.165, 1.54) is 5.01 Å². The second-order valence-corrected chi connectivity index (χ2v) is 6.74. The number of β-lactam (4-membered cyclic amide) rings is 1. The summed E-state index contributed by atoms with van der Waals surface area (Å²) in [5, 5.41) is 3.25. The number of carbonyl (C=O) groups is 2. The van der Waals surface area contributed by atoms with Crippen molar-refractivity contribution in [1.82, 2.24) is 5.01 Å². The van der Waals surface area contributed by atoms with Crippen molar-refractivity contribution in [2.24, 2.45) is 0 Å². The van der Waals surface area contributed by atoms with Crippen molar-refractivity contribution < 1.29 is 14.3 Å².